The normalized spacial score (nSPS) is 20.4. The highest BCUT2D eigenvalue weighted by atomic mass is 15.4. The van der Waals surface area contributed by atoms with E-state index in [2.05, 4.69) is 52.4 Å². The lowest BCUT2D eigenvalue weighted by Gasteiger charge is -2.45. The summed E-state index contributed by atoms with van der Waals surface area (Å²) in [5.74, 6) is 0.754. The van der Waals surface area contributed by atoms with Gasteiger partial charge >= 0.3 is 0 Å². The van der Waals surface area contributed by atoms with Gasteiger partial charge in [-0.05, 0) is 66.5 Å². The summed E-state index contributed by atoms with van der Waals surface area (Å²) in [5.41, 5.74) is 18.4. The lowest BCUT2D eigenvalue weighted by Crippen LogP contribution is -2.58. The molecule has 0 saturated heterocycles. The lowest BCUT2D eigenvalue weighted by atomic mass is 9.87. The van der Waals surface area contributed by atoms with Crippen molar-refractivity contribution >= 4 is 17.6 Å². The molecule has 1 saturated carbocycles. The van der Waals surface area contributed by atoms with Gasteiger partial charge in [0.05, 0.1) is 0 Å². The Balaban J connectivity index is 1.59. The second kappa shape index (κ2) is 5.59. The van der Waals surface area contributed by atoms with E-state index in [1.54, 1.807) is 0 Å². The number of benzene rings is 2. The Morgan fingerprint density at radius 2 is 1.65 bits per heavy atom. The number of nitrogens with zero attached hydrogens (tertiary/aromatic N) is 3. The molecule has 5 rings (SSSR count). The van der Waals surface area contributed by atoms with E-state index < -0.39 is 0 Å². The Labute approximate surface area is 153 Å². The van der Waals surface area contributed by atoms with Crippen molar-refractivity contribution in [3.05, 3.63) is 53.6 Å². The summed E-state index contributed by atoms with van der Waals surface area (Å²) in [6.07, 6.45) is 6.39. The van der Waals surface area contributed by atoms with Crippen LogP contribution in [0.3, 0.4) is 0 Å². The van der Waals surface area contributed by atoms with E-state index in [1.807, 2.05) is 0 Å². The molecule has 5 nitrogen and oxygen atoms in total. The van der Waals surface area contributed by atoms with E-state index in [1.165, 1.54) is 28.7 Å². The zero-order chi connectivity index (χ0) is 17.7. The third kappa shape index (κ3) is 2.23. The summed E-state index contributed by atoms with van der Waals surface area (Å²) in [5, 5.41) is 0. The van der Waals surface area contributed by atoms with Crippen molar-refractivity contribution in [2.24, 2.45) is 21.5 Å². The smallest absolute Gasteiger partial charge is 0.220 e. The topological polar surface area (TPSA) is 80.0 Å². The minimum absolute atomic E-state index is 0.300. The van der Waals surface area contributed by atoms with Crippen molar-refractivity contribution < 1.29 is 0 Å². The number of fused-ring (bicyclic) bond motifs is 3. The standard InChI is InChI=1S/C21H23N5/c22-19-24-20(23)26(21(25-19)10-4-1-5-11-21)16-8-9-18-15(13-16)12-14-6-2-3-7-17(14)18/h2-3,6-9,13H,1,4-5,10-12H2,(H4,22,23,24,25). The summed E-state index contributed by atoms with van der Waals surface area (Å²) < 4.78 is 0. The number of anilines is 1. The van der Waals surface area contributed by atoms with Gasteiger partial charge in [-0.3, -0.25) is 4.90 Å². The summed E-state index contributed by atoms with van der Waals surface area (Å²) in [4.78, 5) is 11.2. The maximum absolute atomic E-state index is 6.35. The van der Waals surface area contributed by atoms with Crippen LogP contribution in [0.4, 0.5) is 5.69 Å². The fourth-order valence-electron chi connectivity index (χ4n) is 4.77. The molecular formula is C21H23N5. The molecule has 1 heterocycles. The Morgan fingerprint density at radius 1 is 0.885 bits per heavy atom. The van der Waals surface area contributed by atoms with Gasteiger partial charge in [-0.2, -0.15) is 4.99 Å². The third-order valence-electron chi connectivity index (χ3n) is 5.89. The first-order valence-electron chi connectivity index (χ1n) is 9.37. The Kier molecular flexibility index (Phi) is 3.32. The summed E-state index contributed by atoms with van der Waals surface area (Å²) in [6, 6.07) is 15.2. The summed E-state index contributed by atoms with van der Waals surface area (Å²) >= 11 is 0. The summed E-state index contributed by atoms with van der Waals surface area (Å²) in [6.45, 7) is 0. The molecule has 0 unspecified atom stereocenters. The van der Waals surface area contributed by atoms with Gasteiger partial charge in [-0.1, -0.05) is 36.8 Å². The van der Waals surface area contributed by atoms with Crippen LogP contribution >= 0.6 is 0 Å². The van der Waals surface area contributed by atoms with Crippen molar-refractivity contribution in [1.29, 1.82) is 0 Å². The van der Waals surface area contributed by atoms with Gasteiger partial charge in [0.1, 0.15) is 5.66 Å². The second-order valence-corrected chi connectivity index (χ2v) is 7.49. The molecule has 2 aliphatic carbocycles. The van der Waals surface area contributed by atoms with E-state index in [9.17, 15) is 0 Å². The molecular weight excluding hydrogens is 322 g/mol. The van der Waals surface area contributed by atoms with Gasteiger partial charge in [0.2, 0.25) is 11.9 Å². The minimum Gasteiger partial charge on any atom is -0.369 e. The predicted molar refractivity (Wildman–Crippen MR) is 106 cm³/mol. The van der Waals surface area contributed by atoms with Crippen LogP contribution in [0.15, 0.2) is 52.4 Å². The number of guanidine groups is 2. The second-order valence-electron chi connectivity index (χ2n) is 7.49. The van der Waals surface area contributed by atoms with Crippen LogP contribution in [0.1, 0.15) is 43.2 Å². The molecule has 1 fully saturated rings. The first-order valence-corrected chi connectivity index (χ1v) is 9.37. The fraction of sp³-hybridized carbons (Fsp3) is 0.333. The maximum atomic E-state index is 6.35. The number of nitrogens with two attached hydrogens (primary N) is 2. The Hall–Kier alpha value is -2.82. The largest absolute Gasteiger partial charge is 0.369 e. The minimum atomic E-state index is -0.381. The fourth-order valence-corrected chi connectivity index (χ4v) is 4.77. The predicted octanol–water partition coefficient (Wildman–Crippen LogP) is 3.37. The van der Waals surface area contributed by atoms with Crippen LogP contribution in [0, 0.1) is 0 Å². The molecule has 0 aromatic heterocycles. The van der Waals surface area contributed by atoms with E-state index >= 15 is 0 Å². The van der Waals surface area contributed by atoms with Crippen LogP contribution in [0.25, 0.3) is 11.1 Å². The molecule has 26 heavy (non-hydrogen) atoms. The molecule has 4 N–H and O–H groups in total. The Morgan fingerprint density at radius 3 is 2.50 bits per heavy atom. The number of hydrogen-bond donors (Lipinski definition) is 2. The van der Waals surface area contributed by atoms with E-state index in [0.29, 0.717) is 11.9 Å². The molecule has 5 heteroatoms. The van der Waals surface area contributed by atoms with Crippen LogP contribution in [0.5, 0.6) is 0 Å². The van der Waals surface area contributed by atoms with Crippen molar-refractivity contribution in [1.82, 2.24) is 0 Å². The van der Waals surface area contributed by atoms with Gasteiger partial charge < -0.3 is 11.5 Å². The quantitative estimate of drug-likeness (QED) is 0.709. The first kappa shape index (κ1) is 15.4. The number of aliphatic imine (C=N–C) groups is 2. The molecule has 1 spiro atoms. The molecule has 0 radical (unpaired) electrons. The maximum Gasteiger partial charge on any atom is 0.220 e. The monoisotopic (exact) mass is 345 g/mol. The average molecular weight is 345 g/mol. The molecule has 2 aromatic carbocycles. The van der Waals surface area contributed by atoms with Gasteiger partial charge in [0.15, 0.2) is 0 Å². The van der Waals surface area contributed by atoms with Crippen molar-refractivity contribution in [2.75, 3.05) is 4.90 Å². The molecule has 0 amide bonds. The van der Waals surface area contributed by atoms with Gasteiger partial charge in [-0.15, -0.1) is 0 Å². The molecule has 0 bridgehead atoms. The van der Waals surface area contributed by atoms with Gasteiger partial charge in [0.25, 0.3) is 0 Å². The molecule has 0 atom stereocenters. The van der Waals surface area contributed by atoms with Gasteiger partial charge in [0, 0.05) is 5.69 Å². The highest BCUT2D eigenvalue weighted by molar-refractivity contribution is 6.05. The first-order chi connectivity index (χ1) is 12.7. The summed E-state index contributed by atoms with van der Waals surface area (Å²) in [7, 11) is 0. The van der Waals surface area contributed by atoms with Crippen LogP contribution < -0.4 is 16.4 Å². The van der Waals surface area contributed by atoms with Crippen molar-refractivity contribution in [2.45, 2.75) is 44.2 Å². The zero-order valence-corrected chi connectivity index (χ0v) is 14.8. The van der Waals surface area contributed by atoms with E-state index in [0.717, 1.165) is 37.8 Å². The molecule has 1 aliphatic heterocycles. The molecule has 132 valence electrons. The van der Waals surface area contributed by atoms with Crippen molar-refractivity contribution in [3.63, 3.8) is 0 Å². The van der Waals surface area contributed by atoms with Gasteiger partial charge in [-0.25, -0.2) is 4.99 Å². The van der Waals surface area contributed by atoms with E-state index in [4.69, 9.17) is 16.5 Å². The molecule has 3 aliphatic rings. The highest BCUT2D eigenvalue weighted by Crippen LogP contribution is 2.43. The van der Waals surface area contributed by atoms with Crippen molar-refractivity contribution in [3.8, 4) is 11.1 Å². The third-order valence-corrected chi connectivity index (χ3v) is 5.89. The van der Waals surface area contributed by atoms with Crippen LogP contribution in [0.2, 0.25) is 0 Å². The number of rotatable bonds is 1. The Bertz CT molecular complexity index is 937. The average Bonchev–Trinajstić information content (AvgIpc) is 2.99. The lowest BCUT2D eigenvalue weighted by molar-refractivity contribution is 0.305. The SMILES string of the molecule is NC1=NC2(CCCCC2)N(c2ccc3c(c2)Cc2ccccc2-3)C(N)=N1. The van der Waals surface area contributed by atoms with Crippen LogP contribution in [-0.4, -0.2) is 17.6 Å². The number of hydrogen-bond acceptors (Lipinski definition) is 5. The van der Waals surface area contributed by atoms with Crippen LogP contribution in [-0.2, 0) is 6.42 Å². The zero-order valence-electron chi connectivity index (χ0n) is 14.8. The molecule has 2 aromatic rings. The van der Waals surface area contributed by atoms with E-state index in [-0.39, 0.29) is 5.66 Å². The highest BCUT2D eigenvalue weighted by Gasteiger charge is 2.42.